The maximum Gasteiger partial charge on any atom is 0.124 e. The minimum Gasteiger partial charge on any atom is -0.497 e. The number of methoxy groups -OCH3 is 2. The molecule has 0 fully saturated rings. The number of hydrogen-bond donors (Lipinski definition) is 2. The highest BCUT2D eigenvalue weighted by atomic mass is 16.5. The first kappa shape index (κ1) is 15.8. The SMILES string of the molecule is COc1ccc(OC)c(C(COC(C)(C)C)NN)c1. The van der Waals surface area contributed by atoms with Crippen LogP contribution in [0.15, 0.2) is 18.2 Å². The lowest BCUT2D eigenvalue weighted by molar-refractivity contribution is -0.0150. The summed E-state index contributed by atoms with van der Waals surface area (Å²) in [5, 5.41) is 0. The standard InChI is InChI=1S/C14H24N2O3/c1-14(2,3)19-9-12(16-15)11-8-10(17-4)6-7-13(11)18-5/h6-8,12,16H,9,15H2,1-5H3. The van der Waals surface area contributed by atoms with Crippen molar-refractivity contribution in [3.63, 3.8) is 0 Å². The number of nitrogens with two attached hydrogens (primary N) is 1. The van der Waals surface area contributed by atoms with Gasteiger partial charge in [0.15, 0.2) is 0 Å². The summed E-state index contributed by atoms with van der Waals surface area (Å²) in [6, 6.07) is 5.44. The molecule has 5 heteroatoms. The van der Waals surface area contributed by atoms with Crippen LogP contribution in [0.4, 0.5) is 0 Å². The zero-order valence-corrected chi connectivity index (χ0v) is 12.3. The molecule has 0 radical (unpaired) electrons. The second kappa shape index (κ2) is 6.75. The van der Waals surface area contributed by atoms with Gasteiger partial charge in [-0.2, -0.15) is 0 Å². The van der Waals surface area contributed by atoms with Crippen LogP contribution in [-0.2, 0) is 4.74 Å². The largest absolute Gasteiger partial charge is 0.497 e. The van der Waals surface area contributed by atoms with Gasteiger partial charge in [0.05, 0.1) is 32.5 Å². The molecule has 1 atom stereocenters. The average Bonchev–Trinajstić information content (AvgIpc) is 2.38. The number of hydrazine groups is 1. The fourth-order valence-corrected chi connectivity index (χ4v) is 1.67. The zero-order chi connectivity index (χ0) is 14.5. The van der Waals surface area contributed by atoms with Gasteiger partial charge in [0.25, 0.3) is 0 Å². The van der Waals surface area contributed by atoms with E-state index in [1.165, 1.54) is 0 Å². The number of ether oxygens (including phenoxy) is 3. The fourth-order valence-electron chi connectivity index (χ4n) is 1.67. The molecular formula is C14H24N2O3. The second-order valence-corrected chi connectivity index (χ2v) is 5.25. The van der Waals surface area contributed by atoms with Gasteiger partial charge >= 0.3 is 0 Å². The highest BCUT2D eigenvalue weighted by molar-refractivity contribution is 5.42. The molecule has 0 aliphatic heterocycles. The lowest BCUT2D eigenvalue weighted by Crippen LogP contribution is -2.34. The van der Waals surface area contributed by atoms with E-state index in [-0.39, 0.29) is 11.6 Å². The highest BCUT2D eigenvalue weighted by Gasteiger charge is 2.19. The lowest BCUT2D eigenvalue weighted by atomic mass is 10.1. The summed E-state index contributed by atoms with van der Waals surface area (Å²) in [6.07, 6.45) is 0. The van der Waals surface area contributed by atoms with Gasteiger partial charge in [0, 0.05) is 5.56 Å². The topological polar surface area (TPSA) is 65.7 Å². The quantitative estimate of drug-likeness (QED) is 0.610. The summed E-state index contributed by atoms with van der Waals surface area (Å²) in [5.74, 6) is 7.13. The Morgan fingerprint density at radius 1 is 1.21 bits per heavy atom. The second-order valence-electron chi connectivity index (χ2n) is 5.25. The van der Waals surface area contributed by atoms with Crippen LogP contribution >= 0.6 is 0 Å². The van der Waals surface area contributed by atoms with Gasteiger partial charge in [-0.25, -0.2) is 0 Å². The lowest BCUT2D eigenvalue weighted by Gasteiger charge is -2.25. The molecule has 0 aliphatic carbocycles. The van der Waals surface area contributed by atoms with Crippen LogP contribution < -0.4 is 20.7 Å². The molecule has 0 saturated carbocycles. The number of nitrogens with one attached hydrogen (secondary N) is 1. The molecule has 1 aromatic carbocycles. The Morgan fingerprint density at radius 3 is 2.37 bits per heavy atom. The van der Waals surface area contributed by atoms with E-state index in [0.717, 1.165) is 17.1 Å². The molecule has 1 unspecified atom stereocenters. The Balaban J connectivity index is 2.95. The summed E-state index contributed by atoms with van der Waals surface area (Å²) in [6.45, 7) is 6.46. The molecule has 1 rings (SSSR count). The van der Waals surface area contributed by atoms with Crippen molar-refractivity contribution >= 4 is 0 Å². The van der Waals surface area contributed by atoms with Gasteiger partial charge in [-0.1, -0.05) is 0 Å². The Kier molecular flexibility index (Phi) is 5.60. The number of hydrogen-bond acceptors (Lipinski definition) is 5. The molecule has 0 saturated heterocycles. The zero-order valence-electron chi connectivity index (χ0n) is 12.3. The van der Waals surface area contributed by atoms with Crippen molar-refractivity contribution < 1.29 is 14.2 Å². The van der Waals surface area contributed by atoms with Crippen molar-refractivity contribution in [2.75, 3.05) is 20.8 Å². The summed E-state index contributed by atoms with van der Waals surface area (Å²) < 4.78 is 16.4. The summed E-state index contributed by atoms with van der Waals surface area (Å²) >= 11 is 0. The minimum absolute atomic E-state index is 0.163. The maximum atomic E-state index is 5.77. The molecule has 0 aromatic heterocycles. The van der Waals surface area contributed by atoms with Crippen molar-refractivity contribution in [1.82, 2.24) is 5.43 Å². The molecule has 0 bridgehead atoms. The van der Waals surface area contributed by atoms with Crippen LogP contribution in [0.25, 0.3) is 0 Å². The van der Waals surface area contributed by atoms with Gasteiger partial charge in [-0.15, -0.1) is 0 Å². The van der Waals surface area contributed by atoms with Gasteiger partial charge < -0.3 is 14.2 Å². The van der Waals surface area contributed by atoms with E-state index >= 15 is 0 Å². The van der Waals surface area contributed by atoms with Crippen LogP contribution in [0.1, 0.15) is 32.4 Å². The van der Waals surface area contributed by atoms with E-state index in [1.807, 2.05) is 39.0 Å². The smallest absolute Gasteiger partial charge is 0.124 e. The summed E-state index contributed by atoms with van der Waals surface area (Å²) in [4.78, 5) is 0. The van der Waals surface area contributed by atoms with E-state index in [4.69, 9.17) is 20.1 Å². The summed E-state index contributed by atoms with van der Waals surface area (Å²) in [5.41, 5.74) is 3.45. The third kappa shape index (κ3) is 4.70. The third-order valence-corrected chi connectivity index (χ3v) is 2.70. The van der Waals surface area contributed by atoms with Crippen LogP contribution in [-0.4, -0.2) is 26.4 Å². The van der Waals surface area contributed by atoms with Gasteiger partial charge in [0.1, 0.15) is 11.5 Å². The van der Waals surface area contributed by atoms with E-state index in [9.17, 15) is 0 Å². The van der Waals surface area contributed by atoms with Crippen molar-refractivity contribution in [3.05, 3.63) is 23.8 Å². The Hall–Kier alpha value is -1.30. The molecule has 0 spiro atoms. The molecule has 19 heavy (non-hydrogen) atoms. The Morgan fingerprint density at radius 2 is 1.89 bits per heavy atom. The Bertz CT molecular complexity index is 402. The van der Waals surface area contributed by atoms with E-state index in [0.29, 0.717) is 6.61 Å². The van der Waals surface area contributed by atoms with Crippen molar-refractivity contribution in [2.24, 2.45) is 5.84 Å². The van der Waals surface area contributed by atoms with E-state index < -0.39 is 0 Å². The molecule has 3 N–H and O–H groups in total. The first-order valence-electron chi connectivity index (χ1n) is 6.23. The first-order valence-corrected chi connectivity index (χ1v) is 6.23. The van der Waals surface area contributed by atoms with Crippen molar-refractivity contribution in [1.29, 1.82) is 0 Å². The minimum atomic E-state index is -0.221. The van der Waals surface area contributed by atoms with Gasteiger partial charge in [-0.05, 0) is 39.0 Å². The van der Waals surface area contributed by atoms with Crippen LogP contribution in [0.5, 0.6) is 11.5 Å². The Labute approximate surface area is 115 Å². The molecule has 0 amide bonds. The number of rotatable bonds is 6. The monoisotopic (exact) mass is 268 g/mol. The molecule has 0 heterocycles. The van der Waals surface area contributed by atoms with Crippen molar-refractivity contribution in [3.8, 4) is 11.5 Å². The van der Waals surface area contributed by atoms with Crippen LogP contribution in [0.2, 0.25) is 0 Å². The molecule has 0 aliphatic rings. The van der Waals surface area contributed by atoms with Crippen molar-refractivity contribution in [2.45, 2.75) is 32.4 Å². The van der Waals surface area contributed by atoms with Gasteiger partial charge in [0.2, 0.25) is 0 Å². The van der Waals surface area contributed by atoms with Crippen LogP contribution in [0, 0.1) is 0 Å². The average molecular weight is 268 g/mol. The van der Waals surface area contributed by atoms with Gasteiger partial charge in [-0.3, -0.25) is 11.3 Å². The number of benzene rings is 1. The predicted octanol–water partition coefficient (Wildman–Crippen LogP) is 2.02. The summed E-state index contributed by atoms with van der Waals surface area (Å²) in [7, 11) is 3.26. The third-order valence-electron chi connectivity index (χ3n) is 2.70. The predicted molar refractivity (Wildman–Crippen MR) is 75.3 cm³/mol. The molecule has 108 valence electrons. The normalized spacial score (nSPS) is 13.2. The molecule has 1 aromatic rings. The molecule has 5 nitrogen and oxygen atoms in total. The van der Waals surface area contributed by atoms with E-state index in [1.54, 1.807) is 14.2 Å². The molecular weight excluding hydrogens is 244 g/mol. The maximum absolute atomic E-state index is 5.77. The first-order chi connectivity index (χ1) is 8.91. The highest BCUT2D eigenvalue weighted by Crippen LogP contribution is 2.29. The fraction of sp³-hybridized carbons (Fsp3) is 0.571. The van der Waals surface area contributed by atoms with E-state index in [2.05, 4.69) is 5.43 Å². The van der Waals surface area contributed by atoms with Crippen LogP contribution in [0.3, 0.4) is 0 Å².